The highest BCUT2D eigenvalue weighted by molar-refractivity contribution is 5.84. The third-order valence-electron chi connectivity index (χ3n) is 5.09. The molecule has 0 bridgehead atoms. The Balaban J connectivity index is 2.15. The van der Waals surface area contributed by atoms with E-state index in [1.54, 1.807) is 0 Å². The van der Waals surface area contributed by atoms with Gasteiger partial charge in [0.05, 0.1) is 0 Å². The summed E-state index contributed by atoms with van der Waals surface area (Å²) in [5.41, 5.74) is 0.0838. The zero-order valence-electron chi connectivity index (χ0n) is 13.3. The van der Waals surface area contributed by atoms with E-state index in [0.29, 0.717) is 5.78 Å². The largest absolute Gasteiger partial charge is 0.299 e. The van der Waals surface area contributed by atoms with Crippen LogP contribution in [0, 0.1) is 5.41 Å². The molecule has 112 valence electrons. The predicted octanol–water partition coefficient (Wildman–Crippen LogP) is 6.06. The fraction of sp³-hybridized carbons (Fsp3) is 0.944. The van der Waals surface area contributed by atoms with Crippen molar-refractivity contribution in [2.75, 3.05) is 0 Å². The summed E-state index contributed by atoms with van der Waals surface area (Å²) in [5.74, 6) is 0.586. The molecule has 0 N–H and O–H groups in total. The molecule has 1 aliphatic carbocycles. The van der Waals surface area contributed by atoms with Crippen LogP contribution in [0.3, 0.4) is 0 Å². The molecule has 0 saturated heterocycles. The van der Waals surface area contributed by atoms with Crippen LogP contribution in [-0.4, -0.2) is 5.78 Å². The Labute approximate surface area is 120 Å². The number of hydrogen-bond donors (Lipinski definition) is 0. The zero-order valence-corrected chi connectivity index (χ0v) is 13.3. The third-order valence-corrected chi connectivity index (χ3v) is 5.09. The molecule has 0 heterocycles. The molecule has 0 atom stereocenters. The molecule has 0 aromatic carbocycles. The number of carbonyl (C=O) groups is 1. The second-order valence-corrected chi connectivity index (χ2v) is 6.49. The van der Waals surface area contributed by atoms with Gasteiger partial charge in [0.25, 0.3) is 0 Å². The maximum atomic E-state index is 12.5. The van der Waals surface area contributed by atoms with Crippen molar-refractivity contribution in [3.63, 3.8) is 0 Å². The average molecular weight is 266 g/mol. The van der Waals surface area contributed by atoms with E-state index in [1.807, 2.05) is 0 Å². The topological polar surface area (TPSA) is 17.1 Å². The first-order valence-electron chi connectivity index (χ1n) is 8.78. The van der Waals surface area contributed by atoms with Crippen LogP contribution < -0.4 is 0 Å². The van der Waals surface area contributed by atoms with Crippen molar-refractivity contribution < 1.29 is 4.79 Å². The molecule has 1 rings (SSSR count). The standard InChI is InChI=1S/C18H34O/c1-3-5-6-7-8-9-11-14-17(19)18(4-2)15-12-10-13-16-18/h3-16H2,1-2H3. The van der Waals surface area contributed by atoms with E-state index in [1.165, 1.54) is 70.6 Å². The van der Waals surface area contributed by atoms with Gasteiger partial charge in [-0.3, -0.25) is 4.79 Å². The second kappa shape index (κ2) is 9.55. The molecule has 1 heteroatoms. The average Bonchev–Trinajstić information content (AvgIpc) is 2.46. The maximum Gasteiger partial charge on any atom is 0.139 e. The van der Waals surface area contributed by atoms with Crippen molar-refractivity contribution in [3.8, 4) is 0 Å². The molecule has 1 nitrogen and oxygen atoms in total. The summed E-state index contributed by atoms with van der Waals surface area (Å²) in [6.45, 7) is 4.47. The molecule has 0 radical (unpaired) electrons. The van der Waals surface area contributed by atoms with Gasteiger partial charge in [0.15, 0.2) is 0 Å². The highest BCUT2D eigenvalue weighted by Crippen LogP contribution is 2.41. The van der Waals surface area contributed by atoms with Crippen molar-refractivity contribution in [2.45, 2.75) is 104 Å². The molecule has 0 aromatic heterocycles. The molecule has 0 aliphatic heterocycles. The van der Waals surface area contributed by atoms with Crippen molar-refractivity contribution in [1.82, 2.24) is 0 Å². The first kappa shape index (κ1) is 16.7. The summed E-state index contributed by atoms with van der Waals surface area (Å²) in [4.78, 5) is 12.5. The minimum Gasteiger partial charge on any atom is -0.299 e. The highest BCUT2D eigenvalue weighted by Gasteiger charge is 2.36. The Morgan fingerprint density at radius 2 is 1.42 bits per heavy atom. The molecule has 0 unspecified atom stereocenters. The van der Waals surface area contributed by atoms with Gasteiger partial charge >= 0.3 is 0 Å². The molecular formula is C18H34O. The van der Waals surface area contributed by atoms with E-state index in [2.05, 4.69) is 13.8 Å². The van der Waals surface area contributed by atoms with E-state index in [4.69, 9.17) is 0 Å². The van der Waals surface area contributed by atoms with E-state index in [-0.39, 0.29) is 5.41 Å². The second-order valence-electron chi connectivity index (χ2n) is 6.49. The van der Waals surface area contributed by atoms with E-state index in [0.717, 1.165) is 19.3 Å². The number of ketones is 1. The summed E-state index contributed by atoms with van der Waals surface area (Å²) in [5, 5.41) is 0. The summed E-state index contributed by atoms with van der Waals surface area (Å²) >= 11 is 0. The number of Topliss-reactive ketones (excluding diaryl/α,β-unsaturated/α-hetero) is 1. The Morgan fingerprint density at radius 1 is 0.842 bits per heavy atom. The highest BCUT2D eigenvalue weighted by atomic mass is 16.1. The Bertz CT molecular complexity index is 238. The van der Waals surface area contributed by atoms with E-state index >= 15 is 0 Å². The van der Waals surface area contributed by atoms with Crippen LogP contribution >= 0.6 is 0 Å². The lowest BCUT2D eigenvalue weighted by Crippen LogP contribution is -2.32. The minimum atomic E-state index is 0.0838. The van der Waals surface area contributed by atoms with Gasteiger partial charge in [-0.25, -0.2) is 0 Å². The molecule has 0 amide bonds. The zero-order chi connectivity index (χ0) is 14.0. The summed E-state index contributed by atoms with van der Waals surface area (Å²) in [7, 11) is 0. The van der Waals surface area contributed by atoms with Crippen LogP contribution in [-0.2, 0) is 4.79 Å². The lowest BCUT2D eigenvalue weighted by molar-refractivity contribution is -0.131. The van der Waals surface area contributed by atoms with Crippen molar-refractivity contribution in [3.05, 3.63) is 0 Å². The lowest BCUT2D eigenvalue weighted by atomic mass is 9.68. The smallest absolute Gasteiger partial charge is 0.139 e. The van der Waals surface area contributed by atoms with Gasteiger partial charge in [-0.05, 0) is 25.7 Å². The van der Waals surface area contributed by atoms with E-state index in [9.17, 15) is 4.79 Å². The van der Waals surface area contributed by atoms with Gasteiger partial charge in [-0.1, -0.05) is 71.6 Å². The van der Waals surface area contributed by atoms with Crippen LogP contribution in [0.15, 0.2) is 0 Å². The van der Waals surface area contributed by atoms with Gasteiger partial charge in [0, 0.05) is 11.8 Å². The Kier molecular flexibility index (Phi) is 8.41. The number of rotatable bonds is 10. The van der Waals surface area contributed by atoms with Crippen LogP contribution in [0.4, 0.5) is 0 Å². The normalized spacial score (nSPS) is 18.4. The third kappa shape index (κ3) is 5.67. The van der Waals surface area contributed by atoms with Crippen LogP contribution in [0.1, 0.15) is 104 Å². The molecule has 1 saturated carbocycles. The monoisotopic (exact) mass is 266 g/mol. The molecule has 1 aliphatic rings. The fourth-order valence-corrected chi connectivity index (χ4v) is 3.57. The Hall–Kier alpha value is -0.330. The van der Waals surface area contributed by atoms with Crippen molar-refractivity contribution in [1.29, 1.82) is 0 Å². The van der Waals surface area contributed by atoms with E-state index < -0.39 is 0 Å². The predicted molar refractivity (Wildman–Crippen MR) is 83.4 cm³/mol. The Morgan fingerprint density at radius 3 is 2.00 bits per heavy atom. The van der Waals surface area contributed by atoms with Gasteiger partial charge in [0.2, 0.25) is 0 Å². The van der Waals surface area contributed by atoms with Crippen LogP contribution in [0.2, 0.25) is 0 Å². The molecule has 0 spiro atoms. The van der Waals surface area contributed by atoms with Gasteiger partial charge < -0.3 is 0 Å². The maximum absolute atomic E-state index is 12.5. The van der Waals surface area contributed by atoms with Crippen molar-refractivity contribution >= 4 is 5.78 Å². The number of carbonyl (C=O) groups excluding carboxylic acids is 1. The first-order valence-corrected chi connectivity index (χ1v) is 8.78. The summed E-state index contributed by atoms with van der Waals surface area (Å²) in [6.07, 6.45) is 17.3. The van der Waals surface area contributed by atoms with Crippen molar-refractivity contribution in [2.24, 2.45) is 5.41 Å². The van der Waals surface area contributed by atoms with Gasteiger partial charge in [-0.2, -0.15) is 0 Å². The SMILES string of the molecule is CCCCCCCCCC(=O)C1(CC)CCCCC1. The van der Waals surface area contributed by atoms with Gasteiger partial charge in [0.1, 0.15) is 5.78 Å². The molecule has 0 aromatic rings. The lowest BCUT2D eigenvalue weighted by Gasteiger charge is -2.35. The minimum absolute atomic E-state index is 0.0838. The molecule has 19 heavy (non-hydrogen) atoms. The summed E-state index contributed by atoms with van der Waals surface area (Å²) in [6, 6.07) is 0. The van der Waals surface area contributed by atoms with Gasteiger partial charge in [-0.15, -0.1) is 0 Å². The summed E-state index contributed by atoms with van der Waals surface area (Å²) < 4.78 is 0. The number of unbranched alkanes of at least 4 members (excludes halogenated alkanes) is 6. The quantitative estimate of drug-likeness (QED) is 0.439. The fourth-order valence-electron chi connectivity index (χ4n) is 3.57. The molecule has 1 fully saturated rings. The first-order chi connectivity index (χ1) is 9.25. The number of hydrogen-bond acceptors (Lipinski definition) is 1. The van der Waals surface area contributed by atoms with Crippen LogP contribution in [0.25, 0.3) is 0 Å². The van der Waals surface area contributed by atoms with Crippen LogP contribution in [0.5, 0.6) is 0 Å². The molecular weight excluding hydrogens is 232 g/mol.